The third-order valence-electron chi connectivity index (χ3n) is 5.13. The van der Waals surface area contributed by atoms with E-state index in [2.05, 4.69) is 84.7 Å². The van der Waals surface area contributed by atoms with Gasteiger partial charge < -0.3 is 4.98 Å². The van der Waals surface area contributed by atoms with Gasteiger partial charge in [-0.25, -0.2) is 0 Å². The largest absolute Gasteiger partial charge is 0.354 e. The molecule has 0 amide bonds. The normalized spacial score (nSPS) is 11.3. The molecule has 0 unspecified atom stereocenters. The number of benzene rings is 4. The van der Waals surface area contributed by atoms with Crippen molar-refractivity contribution < 1.29 is 0 Å². The Kier molecular flexibility index (Phi) is 3.77. The molecule has 1 nitrogen and oxygen atoms in total. The first-order valence-electron chi connectivity index (χ1n) is 9.06. The van der Waals surface area contributed by atoms with E-state index < -0.39 is 0 Å². The second-order valence-corrected chi connectivity index (χ2v) is 7.43. The highest BCUT2D eigenvalue weighted by Crippen LogP contribution is 2.39. The molecule has 0 bridgehead atoms. The van der Waals surface area contributed by atoms with Crippen molar-refractivity contribution in [1.82, 2.24) is 4.98 Å². The topological polar surface area (TPSA) is 15.8 Å². The zero-order valence-corrected chi connectivity index (χ0v) is 15.7. The summed E-state index contributed by atoms with van der Waals surface area (Å²) in [5, 5.41) is 3.13. The van der Waals surface area contributed by atoms with Crippen molar-refractivity contribution in [2.24, 2.45) is 0 Å². The zero-order chi connectivity index (χ0) is 18.4. The third-order valence-corrected chi connectivity index (χ3v) is 5.36. The fourth-order valence-corrected chi connectivity index (χ4v) is 3.94. The summed E-state index contributed by atoms with van der Waals surface area (Å²) < 4.78 is 0. The first-order chi connectivity index (χ1) is 13.2. The highest BCUT2D eigenvalue weighted by atomic mass is 35.5. The first-order valence-corrected chi connectivity index (χ1v) is 9.44. The Bertz CT molecular complexity index is 1260. The summed E-state index contributed by atoms with van der Waals surface area (Å²) in [6.45, 7) is 2.12. The molecule has 5 rings (SSSR count). The van der Waals surface area contributed by atoms with E-state index in [0.29, 0.717) is 0 Å². The fourth-order valence-electron chi connectivity index (χ4n) is 3.77. The standard InChI is InChI=1S/C25H18ClN/c1-16-7-9-18(10-8-16)21-13-19(17-5-3-2-4-6-17)14-24-25(21)22-15-20(26)11-12-23(22)27-24/h2-15,27H,1H3. The monoisotopic (exact) mass is 367 g/mol. The maximum absolute atomic E-state index is 6.31. The van der Waals surface area contributed by atoms with Gasteiger partial charge in [-0.05, 0) is 59.5 Å². The summed E-state index contributed by atoms with van der Waals surface area (Å²) in [6, 6.07) is 29.8. The van der Waals surface area contributed by atoms with Gasteiger partial charge in [0.05, 0.1) is 0 Å². The van der Waals surface area contributed by atoms with Gasteiger partial charge in [0.1, 0.15) is 0 Å². The Labute approximate surface area is 163 Å². The Balaban J connectivity index is 1.89. The van der Waals surface area contributed by atoms with E-state index in [-0.39, 0.29) is 0 Å². The highest BCUT2D eigenvalue weighted by Gasteiger charge is 2.13. The molecule has 1 N–H and O–H groups in total. The lowest BCUT2D eigenvalue weighted by Crippen LogP contribution is -1.85. The van der Waals surface area contributed by atoms with E-state index >= 15 is 0 Å². The zero-order valence-electron chi connectivity index (χ0n) is 15.0. The summed E-state index contributed by atoms with van der Waals surface area (Å²) in [7, 11) is 0. The Hall–Kier alpha value is -3.03. The number of hydrogen-bond acceptors (Lipinski definition) is 0. The van der Waals surface area contributed by atoms with E-state index in [9.17, 15) is 0 Å². The van der Waals surface area contributed by atoms with Crippen molar-refractivity contribution in [2.75, 3.05) is 0 Å². The number of fused-ring (bicyclic) bond motifs is 3. The molecule has 0 saturated heterocycles. The van der Waals surface area contributed by atoms with Crippen LogP contribution < -0.4 is 0 Å². The second-order valence-electron chi connectivity index (χ2n) is 6.99. The summed E-state index contributed by atoms with van der Waals surface area (Å²) in [5.74, 6) is 0. The molecule has 4 aromatic carbocycles. The van der Waals surface area contributed by atoms with Crippen LogP contribution >= 0.6 is 11.6 Å². The van der Waals surface area contributed by atoms with E-state index in [0.717, 1.165) is 21.4 Å². The first kappa shape index (κ1) is 16.2. The van der Waals surface area contributed by atoms with Crippen LogP contribution in [0.5, 0.6) is 0 Å². The number of rotatable bonds is 2. The highest BCUT2D eigenvalue weighted by molar-refractivity contribution is 6.32. The van der Waals surface area contributed by atoms with Gasteiger partial charge in [0, 0.05) is 26.8 Å². The number of H-pyrrole nitrogens is 1. The molecule has 27 heavy (non-hydrogen) atoms. The van der Waals surface area contributed by atoms with Gasteiger partial charge in [0.25, 0.3) is 0 Å². The molecule has 1 heterocycles. The number of aromatic amines is 1. The van der Waals surface area contributed by atoms with E-state index in [1.165, 1.54) is 33.2 Å². The van der Waals surface area contributed by atoms with Gasteiger partial charge in [0.15, 0.2) is 0 Å². The van der Waals surface area contributed by atoms with Crippen molar-refractivity contribution in [3.05, 3.63) is 95.5 Å². The third kappa shape index (κ3) is 2.81. The fraction of sp³-hybridized carbons (Fsp3) is 0.0400. The SMILES string of the molecule is Cc1ccc(-c2cc(-c3ccccc3)cc3[nH]c4ccc(Cl)cc4c23)cc1. The number of aromatic nitrogens is 1. The number of halogens is 1. The van der Waals surface area contributed by atoms with Gasteiger partial charge >= 0.3 is 0 Å². The van der Waals surface area contributed by atoms with Crippen LogP contribution in [-0.2, 0) is 0 Å². The van der Waals surface area contributed by atoms with Crippen molar-refractivity contribution in [3.8, 4) is 22.3 Å². The summed E-state index contributed by atoms with van der Waals surface area (Å²) in [5.41, 5.74) is 8.35. The molecule has 0 aliphatic carbocycles. The molecule has 0 aliphatic rings. The molecule has 5 aromatic rings. The van der Waals surface area contributed by atoms with Crippen LogP contribution in [0, 0.1) is 6.92 Å². The smallest absolute Gasteiger partial charge is 0.0477 e. The van der Waals surface area contributed by atoms with Crippen LogP contribution in [-0.4, -0.2) is 4.98 Å². The predicted octanol–water partition coefficient (Wildman–Crippen LogP) is 7.62. The van der Waals surface area contributed by atoms with Gasteiger partial charge in [0.2, 0.25) is 0 Å². The summed E-state index contributed by atoms with van der Waals surface area (Å²) in [6.07, 6.45) is 0. The van der Waals surface area contributed by atoms with Crippen LogP contribution in [0.4, 0.5) is 0 Å². The van der Waals surface area contributed by atoms with Crippen molar-refractivity contribution >= 4 is 33.4 Å². The lowest BCUT2D eigenvalue weighted by atomic mass is 9.94. The van der Waals surface area contributed by atoms with Crippen LogP contribution in [0.15, 0.2) is 84.9 Å². The maximum Gasteiger partial charge on any atom is 0.0477 e. The molecule has 0 saturated carbocycles. The molecule has 130 valence electrons. The average molecular weight is 368 g/mol. The molecular weight excluding hydrogens is 350 g/mol. The summed E-state index contributed by atoms with van der Waals surface area (Å²) >= 11 is 6.31. The van der Waals surface area contributed by atoms with Gasteiger partial charge in [-0.1, -0.05) is 71.8 Å². The number of nitrogens with one attached hydrogen (secondary N) is 1. The Morgan fingerprint density at radius 3 is 2.22 bits per heavy atom. The number of aryl methyl sites for hydroxylation is 1. The average Bonchev–Trinajstić information content (AvgIpc) is 3.06. The molecule has 2 heteroatoms. The van der Waals surface area contributed by atoms with Crippen LogP contribution in [0.25, 0.3) is 44.1 Å². The van der Waals surface area contributed by atoms with Gasteiger partial charge in [-0.15, -0.1) is 0 Å². The molecule has 0 atom stereocenters. The molecule has 0 radical (unpaired) electrons. The lowest BCUT2D eigenvalue weighted by molar-refractivity contribution is 1.47. The quantitative estimate of drug-likeness (QED) is 0.330. The second kappa shape index (κ2) is 6.29. The molecule has 0 aliphatic heterocycles. The molecule has 0 spiro atoms. The van der Waals surface area contributed by atoms with Crippen LogP contribution in [0.1, 0.15) is 5.56 Å². The molecule has 0 fully saturated rings. The van der Waals surface area contributed by atoms with Gasteiger partial charge in [-0.3, -0.25) is 0 Å². The number of hydrogen-bond donors (Lipinski definition) is 1. The Morgan fingerprint density at radius 1 is 0.667 bits per heavy atom. The van der Waals surface area contributed by atoms with Crippen molar-refractivity contribution in [2.45, 2.75) is 6.92 Å². The Morgan fingerprint density at radius 2 is 1.44 bits per heavy atom. The minimum atomic E-state index is 0.755. The predicted molar refractivity (Wildman–Crippen MR) is 116 cm³/mol. The minimum absolute atomic E-state index is 0.755. The molecule has 1 aromatic heterocycles. The lowest BCUT2D eigenvalue weighted by Gasteiger charge is -2.10. The maximum atomic E-state index is 6.31. The van der Waals surface area contributed by atoms with Gasteiger partial charge in [-0.2, -0.15) is 0 Å². The van der Waals surface area contributed by atoms with E-state index in [1.54, 1.807) is 0 Å². The van der Waals surface area contributed by atoms with E-state index in [4.69, 9.17) is 11.6 Å². The molecular formula is C25H18ClN. The van der Waals surface area contributed by atoms with Crippen molar-refractivity contribution in [1.29, 1.82) is 0 Å². The van der Waals surface area contributed by atoms with Crippen molar-refractivity contribution in [3.63, 3.8) is 0 Å². The van der Waals surface area contributed by atoms with Crippen LogP contribution in [0.2, 0.25) is 5.02 Å². The minimum Gasteiger partial charge on any atom is -0.354 e. The van der Waals surface area contributed by atoms with Crippen LogP contribution in [0.3, 0.4) is 0 Å². The van der Waals surface area contributed by atoms with E-state index in [1.807, 2.05) is 12.1 Å². The summed E-state index contributed by atoms with van der Waals surface area (Å²) in [4.78, 5) is 3.58.